The molecule has 3 aromatic heterocycles. The van der Waals surface area contributed by atoms with E-state index < -0.39 is 5.91 Å². The Kier molecular flexibility index (Phi) is 3.63. The summed E-state index contributed by atoms with van der Waals surface area (Å²) in [7, 11) is 0. The molecule has 3 aromatic rings. The van der Waals surface area contributed by atoms with Crippen molar-refractivity contribution in [2.45, 2.75) is 13.8 Å². The molecule has 0 aliphatic rings. The van der Waals surface area contributed by atoms with Crippen LogP contribution >= 0.6 is 23.6 Å². The predicted octanol–water partition coefficient (Wildman–Crippen LogP) is 2.52. The van der Waals surface area contributed by atoms with Gasteiger partial charge < -0.3 is 4.98 Å². The molecule has 2 N–H and O–H groups in total. The summed E-state index contributed by atoms with van der Waals surface area (Å²) in [5.74, 6) is -0.494. The molecule has 0 saturated carbocycles. The van der Waals surface area contributed by atoms with Crippen LogP contribution in [0.25, 0.3) is 10.2 Å². The number of fused-ring (bicyclic) bond motifs is 1. The van der Waals surface area contributed by atoms with Crippen molar-refractivity contribution in [3.63, 3.8) is 0 Å². The molecule has 22 heavy (non-hydrogen) atoms. The van der Waals surface area contributed by atoms with Gasteiger partial charge in [-0.3, -0.25) is 20.0 Å². The summed E-state index contributed by atoms with van der Waals surface area (Å²) in [6, 6.07) is 4.96. The van der Waals surface area contributed by atoms with Crippen molar-refractivity contribution >= 4 is 39.7 Å². The Bertz CT molecular complexity index is 986. The van der Waals surface area contributed by atoms with E-state index in [1.807, 2.05) is 13.8 Å². The van der Waals surface area contributed by atoms with Crippen molar-refractivity contribution in [2.75, 3.05) is 5.43 Å². The third-order valence-electron chi connectivity index (χ3n) is 3.34. The number of pyridine rings is 1. The average Bonchev–Trinajstić information content (AvgIpc) is 2.79. The van der Waals surface area contributed by atoms with Crippen molar-refractivity contribution in [1.82, 2.24) is 14.6 Å². The lowest BCUT2D eigenvalue weighted by Gasteiger charge is -2.08. The van der Waals surface area contributed by atoms with Crippen LogP contribution in [0.4, 0.5) is 0 Å². The van der Waals surface area contributed by atoms with Gasteiger partial charge in [0.1, 0.15) is 10.5 Å². The first-order chi connectivity index (χ1) is 10.5. The first-order valence-electron chi connectivity index (χ1n) is 6.46. The van der Waals surface area contributed by atoms with E-state index in [4.69, 9.17) is 12.2 Å². The number of carbonyl (C=O) groups is 1. The normalized spacial score (nSPS) is 10.8. The van der Waals surface area contributed by atoms with Gasteiger partial charge in [-0.15, -0.1) is 11.3 Å². The quantitative estimate of drug-likeness (QED) is 0.707. The second kappa shape index (κ2) is 5.47. The highest BCUT2D eigenvalue weighted by Gasteiger charge is 2.15. The Labute approximate surface area is 134 Å². The van der Waals surface area contributed by atoms with E-state index in [0.29, 0.717) is 10.2 Å². The summed E-state index contributed by atoms with van der Waals surface area (Å²) in [6.45, 7) is 3.81. The van der Waals surface area contributed by atoms with E-state index in [-0.39, 0.29) is 16.0 Å². The second-order valence-corrected chi connectivity index (χ2v) is 6.33. The fourth-order valence-electron chi connectivity index (χ4n) is 2.09. The van der Waals surface area contributed by atoms with Crippen LogP contribution in [-0.4, -0.2) is 20.6 Å². The number of aromatic amines is 1. The Morgan fingerprint density at radius 3 is 2.86 bits per heavy atom. The topological polar surface area (TPSA) is 79.8 Å². The lowest BCUT2D eigenvalue weighted by Crippen LogP contribution is -2.34. The third kappa shape index (κ3) is 2.36. The molecule has 0 saturated heterocycles. The van der Waals surface area contributed by atoms with Crippen molar-refractivity contribution in [2.24, 2.45) is 0 Å². The largest absolute Gasteiger partial charge is 0.322 e. The molecule has 0 fully saturated rings. The molecular formula is C14H12N4O2S2. The molecule has 0 aliphatic heterocycles. The van der Waals surface area contributed by atoms with Crippen molar-refractivity contribution in [3.05, 3.63) is 55.7 Å². The lowest BCUT2D eigenvalue weighted by atomic mass is 10.2. The molecule has 0 radical (unpaired) electrons. The number of aryl methyl sites for hydroxylation is 2. The van der Waals surface area contributed by atoms with Crippen LogP contribution in [0.5, 0.6) is 0 Å². The summed E-state index contributed by atoms with van der Waals surface area (Å²) in [4.78, 5) is 33.4. The van der Waals surface area contributed by atoms with Crippen LogP contribution in [0.3, 0.4) is 0 Å². The highest BCUT2D eigenvalue weighted by molar-refractivity contribution is 7.71. The first kappa shape index (κ1) is 14.6. The minimum Gasteiger partial charge on any atom is -0.322 e. The number of thiophene rings is 1. The zero-order chi connectivity index (χ0) is 15.9. The standard InChI is InChI=1S/C14H12N4O2S2/c1-7-8(2)22-12-10(7)13(20)18(14(21)16-12)17-11(19)9-5-3-4-6-15-9/h3-6H,1-2H3,(H,16,21)(H,17,19). The van der Waals surface area contributed by atoms with Gasteiger partial charge in [-0.25, -0.2) is 0 Å². The second-order valence-electron chi connectivity index (χ2n) is 4.71. The molecule has 1 amide bonds. The Hall–Kier alpha value is -2.32. The van der Waals surface area contributed by atoms with Crippen molar-refractivity contribution in [3.8, 4) is 0 Å². The summed E-state index contributed by atoms with van der Waals surface area (Å²) in [5, 5.41) is 0.539. The number of hydrogen-bond acceptors (Lipinski definition) is 5. The fourth-order valence-corrected chi connectivity index (χ4v) is 3.43. The predicted molar refractivity (Wildman–Crippen MR) is 88.7 cm³/mol. The van der Waals surface area contributed by atoms with E-state index in [9.17, 15) is 9.59 Å². The highest BCUT2D eigenvalue weighted by Crippen LogP contribution is 2.25. The van der Waals surface area contributed by atoms with Crippen LogP contribution in [0.1, 0.15) is 20.9 Å². The Balaban J connectivity index is 2.12. The summed E-state index contributed by atoms with van der Waals surface area (Å²) in [6.07, 6.45) is 1.51. The maximum atomic E-state index is 12.6. The number of H-pyrrole nitrogens is 1. The Morgan fingerprint density at radius 2 is 2.18 bits per heavy atom. The van der Waals surface area contributed by atoms with Gasteiger partial charge in [-0.2, -0.15) is 4.68 Å². The van der Waals surface area contributed by atoms with Crippen LogP contribution in [0.2, 0.25) is 0 Å². The maximum Gasteiger partial charge on any atom is 0.288 e. The van der Waals surface area contributed by atoms with Crippen LogP contribution in [0.15, 0.2) is 29.2 Å². The molecular weight excluding hydrogens is 320 g/mol. The maximum absolute atomic E-state index is 12.6. The van der Waals surface area contributed by atoms with Crippen molar-refractivity contribution < 1.29 is 4.79 Å². The zero-order valence-electron chi connectivity index (χ0n) is 11.8. The molecule has 3 rings (SSSR count). The minimum absolute atomic E-state index is 0.142. The minimum atomic E-state index is -0.494. The van der Waals surface area contributed by atoms with Gasteiger partial charge in [0.2, 0.25) is 4.77 Å². The average molecular weight is 332 g/mol. The molecule has 0 atom stereocenters. The van der Waals surface area contributed by atoms with Gasteiger partial charge in [0.15, 0.2) is 0 Å². The Morgan fingerprint density at radius 1 is 1.41 bits per heavy atom. The number of hydrogen-bond donors (Lipinski definition) is 2. The molecule has 0 aromatic carbocycles. The third-order valence-corrected chi connectivity index (χ3v) is 4.74. The molecule has 0 bridgehead atoms. The number of rotatable bonds is 2. The van der Waals surface area contributed by atoms with Gasteiger partial charge in [0.05, 0.1) is 5.39 Å². The SMILES string of the molecule is Cc1sc2[nH]c(=S)n(NC(=O)c3ccccn3)c(=O)c2c1C. The van der Waals surface area contributed by atoms with E-state index in [2.05, 4.69) is 15.4 Å². The lowest BCUT2D eigenvalue weighted by molar-refractivity contribution is 0.100. The monoisotopic (exact) mass is 332 g/mol. The summed E-state index contributed by atoms with van der Waals surface area (Å²) in [5.41, 5.74) is 3.25. The van der Waals surface area contributed by atoms with E-state index >= 15 is 0 Å². The molecule has 0 unspecified atom stereocenters. The van der Waals surface area contributed by atoms with E-state index in [1.165, 1.54) is 17.5 Å². The number of amides is 1. The van der Waals surface area contributed by atoms with Gasteiger partial charge in [-0.05, 0) is 43.8 Å². The van der Waals surface area contributed by atoms with Gasteiger partial charge >= 0.3 is 0 Å². The summed E-state index contributed by atoms with van der Waals surface area (Å²) >= 11 is 6.64. The summed E-state index contributed by atoms with van der Waals surface area (Å²) < 4.78 is 1.19. The van der Waals surface area contributed by atoms with Crippen LogP contribution in [-0.2, 0) is 0 Å². The highest BCUT2D eigenvalue weighted by atomic mass is 32.1. The number of nitrogens with one attached hydrogen (secondary N) is 2. The number of nitrogens with zero attached hydrogens (tertiary/aromatic N) is 2. The molecule has 6 nitrogen and oxygen atoms in total. The molecule has 112 valence electrons. The van der Waals surface area contributed by atoms with Gasteiger partial charge in [-0.1, -0.05) is 6.07 Å². The van der Waals surface area contributed by atoms with Gasteiger partial charge in [0.25, 0.3) is 11.5 Å². The molecule has 0 aliphatic carbocycles. The molecule has 8 heteroatoms. The van der Waals surface area contributed by atoms with E-state index in [0.717, 1.165) is 15.1 Å². The first-order valence-corrected chi connectivity index (χ1v) is 7.69. The van der Waals surface area contributed by atoms with Crippen molar-refractivity contribution in [1.29, 1.82) is 0 Å². The van der Waals surface area contributed by atoms with Crippen LogP contribution < -0.4 is 11.0 Å². The smallest absolute Gasteiger partial charge is 0.288 e. The number of carbonyl (C=O) groups excluding carboxylic acids is 1. The molecule has 3 heterocycles. The van der Waals surface area contributed by atoms with Crippen LogP contribution in [0, 0.1) is 18.6 Å². The van der Waals surface area contributed by atoms with Gasteiger partial charge in [0, 0.05) is 11.1 Å². The fraction of sp³-hybridized carbons (Fsp3) is 0.143. The van der Waals surface area contributed by atoms with E-state index in [1.54, 1.807) is 18.2 Å². The zero-order valence-corrected chi connectivity index (χ0v) is 13.5. The number of aromatic nitrogens is 3. The molecule has 0 spiro atoms.